The lowest BCUT2D eigenvalue weighted by Gasteiger charge is -2.12. The van der Waals surface area contributed by atoms with Gasteiger partial charge in [0.25, 0.3) is 0 Å². The van der Waals surface area contributed by atoms with Gasteiger partial charge in [-0.2, -0.15) is 0 Å². The third-order valence-electron chi connectivity index (χ3n) is 4.53. The predicted molar refractivity (Wildman–Crippen MR) is 103 cm³/mol. The SMILES string of the molecule is CCc1cccc(CC)c1N=C(C)c1ccc2ccccc2c1O. The molecule has 24 heavy (non-hydrogen) atoms. The van der Waals surface area contributed by atoms with Crippen molar-refractivity contribution in [2.75, 3.05) is 0 Å². The number of rotatable bonds is 4. The van der Waals surface area contributed by atoms with Crippen molar-refractivity contribution < 1.29 is 5.11 Å². The van der Waals surface area contributed by atoms with Gasteiger partial charge >= 0.3 is 0 Å². The van der Waals surface area contributed by atoms with Crippen molar-refractivity contribution in [3.8, 4) is 5.75 Å². The van der Waals surface area contributed by atoms with E-state index in [0.717, 1.165) is 40.6 Å². The lowest BCUT2D eigenvalue weighted by atomic mass is 10.0. The van der Waals surface area contributed by atoms with Crippen LogP contribution < -0.4 is 0 Å². The minimum atomic E-state index is 0.307. The Hall–Kier alpha value is -2.61. The van der Waals surface area contributed by atoms with Gasteiger partial charge in [0.15, 0.2) is 0 Å². The van der Waals surface area contributed by atoms with Crippen molar-refractivity contribution in [3.63, 3.8) is 0 Å². The average molecular weight is 317 g/mol. The van der Waals surface area contributed by atoms with E-state index in [2.05, 4.69) is 32.0 Å². The number of aryl methyl sites for hydroxylation is 2. The van der Waals surface area contributed by atoms with Gasteiger partial charge in [-0.1, -0.05) is 62.4 Å². The standard InChI is InChI=1S/C22H23NO/c1-4-16-10-8-11-17(5-2)21(16)23-15(3)19-14-13-18-9-6-7-12-20(18)22(19)24/h6-14,24H,4-5H2,1-3H3. The highest BCUT2D eigenvalue weighted by molar-refractivity contribution is 6.07. The second-order valence-electron chi connectivity index (χ2n) is 6.01. The molecule has 0 heterocycles. The van der Waals surface area contributed by atoms with E-state index < -0.39 is 0 Å². The molecule has 0 atom stereocenters. The number of aromatic hydroxyl groups is 1. The Labute approximate surface area is 143 Å². The summed E-state index contributed by atoms with van der Waals surface area (Å²) in [4.78, 5) is 4.90. The number of hydrogen-bond donors (Lipinski definition) is 1. The number of para-hydroxylation sites is 1. The Kier molecular flexibility index (Phi) is 4.66. The van der Waals surface area contributed by atoms with Crippen molar-refractivity contribution >= 4 is 22.2 Å². The summed E-state index contributed by atoms with van der Waals surface area (Å²) in [6.45, 7) is 6.27. The fourth-order valence-corrected chi connectivity index (χ4v) is 3.13. The molecule has 0 spiro atoms. The molecule has 2 heteroatoms. The summed E-state index contributed by atoms with van der Waals surface area (Å²) in [6.07, 6.45) is 1.90. The number of nitrogens with zero attached hydrogens (tertiary/aromatic N) is 1. The smallest absolute Gasteiger partial charge is 0.132 e. The zero-order chi connectivity index (χ0) is 17.1. The lowest BCUT2D eigenvalue weighted by Crippen LogP contribution is -1.97. The maximum Gasteiger partial charge on any atom is 0.132 e. The van der Waals surface area contributed by atoms with E-state index in [4.69, 9.17) is 4.99 Å². The zero-order valence-electron chi connectivity index (χ0n) is 14.5. The molecule has 0 amide bonds. The summed E-state index contributed by atoms with van der Waals surface area (Å²) in [5.74, 6) is 0.307. The van der Waals surface area contributed by atoms with E-state index in [0.29, 0.717) is 5.75 Å². The van der Waals surface area contributed by atoms with Crippen LogP contribution >= 0.6 is 0 Å². The van der Waals surface area contributed by atoms with Gasteiger partial charge in [0.05, 0.1) is 5.69 Å². The van der Waals surface area contributed by atoms with Crippen LogP contribution in [0.25, 0.3) is 10.8 Å². The van der Waals surface area contributed by atoms with Crippen molar-refractivity contribution in [2.24, 2.45) is 4.99 Å². The molecule has 3 rings (SSSR count). The van der Waals surface area contributed by atoms with Crippen LogP contribution in [0.3, 0.4) is 0 Å². The van der Waals surface area contributed by atoms with Gasteiger partial charge in [0, 0.05) is 16.7 Å². The van der Waals surface area contributed by atoms with Crippen LogP contribution in [-0.2, 0) is 12.8 Å². The number of phenols is 1. The fraction of sp³-hybridized carbons (Fsp3) is 0.227. The third kappa shape index (κ3) is 2.92. The second kappa shape index (κ2) is 6.88. The Morgan fingerprint density at radius 2 is 1.54 bits per heavy atom. The monoisotopic (exact) mass is 317 g/mol. The van der Waals surface area contributed by atoms with E-state index in [1.807, 2.05) is 43.3 Å². The molecule has 2 nitrogen and oxygen atoms in total. The van der Waals surface area contributed by atoms with Gasteiger partial charge in [-0.05, 0) is 42.3 Å². The molecular weight excluding hydrogens is 294 g/mol. The minimum absolute atomic E-state index is 0.307. The number of benzene rings is 3. The zero-order valence-corrected chi connectivity index (χ0v) is 14.5. The summed E-state index contributed by atoms with van der Waals surface area (Å²) in [7, 11) is 0. The Bertz CT molecular complexity index is 887. The van der Waals surface area contributed by atoms with Crippen molar-refractivity contribution in [1.29, 1.82) is 0 Å². The van der Waals surface area contributed by atoms with Crippen LogP contribution in [0.15, 0.2) is 59.6 Å². The Morgan fingerprint density at radius 1 is 0.875 bits per heavy atom. The average Bonchev–Trinajstić information content (AvgIpc) is 2.62. The minimum Gasteiger partial charge on any atom is -0.507 e. The number of fused-ring (bicyclic) bond motifs is 1. The van der Waals surface area contributed by atoms with E-state index in [-0.39, 0.29) is 0 Å². The normalized spacial score (nSPS) is 11.9. The molecule has 0 radical (unpaired) electrons. The number of phenolic OH excluding ortho intramolecular Hbond substituents is 1. The first-order valence-electron chi connectivity index (χ1n) is 8.52. The van der Waals surface area contributed by atoms with Gasteiger partial charge in [-0.3, -0.25) is 4.99 Å². The molecule has 1 N–H and O–H groups in total. The molecule has 0 aliphatic carbocycles. The predicted octanol–water partition coefficient (Wildman–Crippen LogP) is 5.81. The molecule has 122 valence electrons. The van der Waals surface area contributed by atoms with Crippen LogP contribution in [0.2, 0.25) is 0 Å². The van der Waals surface area contributed by atoms with Crippen molar-refractivity contribution in [3.05, 3.63) is 71.3 Å². The molecule has 3 aromatic rings. The fourth-order valence-electron chi connectivity index (χ4n) is 3.13. The Balaban J connectivity index is 2.15. The molecule has 3 aromatic carbocycles. The highest BCUT2D eigenvalue weighted by Crippen LogP contribution is 2.31. The molecule has 0 unspecified atom stereocenters. The highest BCUT2D eigenvalue weighted by atomic mass is 16.3. The van der Waals surface area contributed by atoms with Crippen LogP contribution in [0.4, 0.5) is 5.69 Å². The molecule has 0 aliphatic heterocycles. The van der Waals surface area contributed by atoms with E-state index in [1.54, 1.807) is 0 Å². The van der Waals surface area contributed by atoms with Gasteiger partial charge < -0.3 is 5.11 Å². The second-order valence-corrected chi connectivity index (χ2v) is 6.01. The summed E-state index contributed by atoms with van der Waals surface area (Å²) in [5, 5.41) is 12.6. The molecule has 0 bridgehead atoms. The summed E-state index contributed by atoms with van der Waals surface area (Å²) in [5.41, 5.74) is 5.17. The van der Waals surface area contributed by atoms with Crippen LogP contribution in [0.5, 0.6) is 5.75 Å². The largest absolute Gasteiger partial charge is 0.507 e. The molecule has 0 aliphatic rings. The van der Waals surface area contributed by atoms with E-state index >= 15 is 0 Å². The first kappa shape index (κ1) is 16.3. The molecule has 0 fully saturated rings. The van der Waals surface area contributed by atoms with E-state index in [9.17, 15) is 5.11 Å². The highest BCUT2D eigenvalue weighted by Gasteiger charge is 2.11. The number of aliphatic imine (C=N–C) groups is 1. The van der Waals surface area contributed by atoms with E-state index in [1.165, 1.54) is 11.1 Å². The van der Waals surface area contributed by atoms with Crippen LogP contribution in [0.1, 0.15) is 37.5 Å². The summed E-state index contributed by atoms with van der Waals surface area (Å²) < 4.78 is 0. The van der Waals surface area contributed by atoms with Crippen molar-refractivity contribution in [2.45, 2.75) is 33.6 Å². The lowest BCUT2D eigenvalue weighted by molar-refractivity contribution is 0.480. The molecule has 0 aromatic heterocycles. The van der Waals surface area contributed by atoms with Crippen molar-refractivity contribution in [1.82, 2.24) is 0 Å². The van der Waals surface area contributed by atoms with Gasteiger partial charge in [0.2, 0.25) is 0 Å². The van der Waals surface area contributed by atoms with Gasteiger partial charge in [0.1, 0.15) is 5.75 Å². The third-order valence-corrected chi connectivity index (χ3v) is 4.53. The van der Waals surface area contributed by atoms with Crippen LogP contribution in [0, 0.1) is 0 Å². The Morgan fingerprint density at radius 3 is 2.21 bits per heavy atom. The maximum atomic E-state index is 10.7. The first-order chi connectivity index (χ1) is 11.7. The summed E-state index contributed by atoms with van der Waals surface area (Å²) in [6, 6.07) is 18.2. The van der Waals surface area contributed by atoms with Gasteiger partial charge in [-0.25, -0.2) is 0 Å². The quantitative estimate of drug-likeness (QED) is 0.605. The van der Waals surface area contributed by atoms with Gasteiger partial charge in [-0.15, -0.1) is 0 Å². The maximum absolute atomic E-state index is 10.7. The molecular formula is C22H23NO. The summed E-state index contributed by atoms with van der Waals surface area (Å²) >= 11 is 0. The van der Waals surface area contributed by atoms with Crippen LogP contribution in [-0.4, -0.2) is 10.8 Å². The molecule has 0 saturated carbocycles. The molecule has 0 saturated heterocycles. The first-order valence-corrected chi connectivity index (χ1v) is 8.52. The topological polar surface area (TPSA) is 32.6 Å². The number of hydrogen-bond acceptors (Lipinski definition) is 2.